The van der Waals surface area contributed by atoms with Crippen molar-refractivity contribution in [2.45, 2.75) is 6.61 Å². The summed E-state index contributed by atoms with van der Waals surface area (Å²) in [4.78, 5) is 11.4. The van der Waals surface area contributed by atoms with Crippen LogP contribution < -0.4 is 15.2 Å². The molecule has 0 unspecified atom stereocenters. The largest absolute Gasteiger partial charge is 0.497 e. The molecule has 2 aromatic rings. The zero-order valence-electron chi connectivity index (χ0n) is 11.5. The van der Waals surface area contributed by atoms with Crippen LogP contribution in [0.4, 0.5) is 0 Å². The summed E-state index contributed by atoms with van der Waals surface area (Å²) >= 11 is 0. The van der Waals surface area contributed by atoms with Crippen LogP contribution in [-0.4, -0.2) is 13.0 Å². The maximum atomic E-state index is 11.4. The van der Waals surface area contributed by atoms with Gasteiger partial charge in [0.25, 0.3) is 5.91 Å². The SMILES string of the molecule is COc1ccc(OCc2ccc(C#N)cc2)c(C(N)=O)c1. The van der Waals surface area contributed by atoms with Gasteiger partial charge in [-0.1, -0.05) is 12.1 Å². The number of nitriles is 1. The van der Waals surface area contributed by atoms with Crippen molar-refractivity contribution >= 4 is 5.91 Å². The number of amides is 1. The minimum atomic E-state index is -0.580. The Labute approximate surface area is 122 Å². The first kappa shape index (κ1) is 14.4. The summed E-state index contributed by atoms with van der Waals surface area (Å²) in [7, 11) is 1.51. The van der Waals surface area contributed by atoms with Gasteiger partial charge in [-0.2, -0.15) is 5.26 Å². The van der Waals surface area contributed by atoms with E-state index in [4.69, 9.17) is 20.5 Å². The van der Waals surface area contributed by atoms with Crippen LogP contribution in [-0.2, 0) is 6.61 Å². The molecule has 0 bridgehead atoms. The second-order valence-corrected chi connectivity index (χ2v) is 4.32. The summed E-state index contributed by atoms with van der Waals surface area (Å²) in [5.74, 6) is 0.353. The molecule has 0 saturated heterocycles. The van der Waals surface area contributed by atoms with E-state index in [2.05, 4.69) is 0 Å². The number of nitrogens with two attached hydrogens (primary N) is 1. The van der Waals surface area contributed by atoms with Crippen LogP contribution in [0, 0.1) is 11.3 Å². The molecule has 0 fully saturated rings. The van der Waals surface area contributed by atoms with Crippen molar-refractivity contribution < 1.29 is 14.3 Å². The molecular formula is C16H14N2O3. The van der Waals surface area contributed by atoms with Gasteiger partial charge in [-0.15, -0.1) is 0 Å². The van der Waals surface area contributed by atoms with Gasteiger partial charge in [-0.25, -0.2) is 0 Å². The highest BCUT2D eigenvalue weighted by Crippen LogP contribution is 2.24. The lowest BCUT2D eigenvalue weighted by Gasteiger charge is -2.11. The Bertz CT molecular complexity index is 688. The van der Waals surface area contributed by atoms with Crippen LogP contribution in [0.15, 0.2) is 42.5 Å². The Balaban J connectivity index is 2.15. The van der Waals surface area contributed by atoms with Gasteiger partial charge in [0.1, 0.15) is 18.1 Å². The monoisotopic (exact) mass is 282 g/mol. The summed E-state index contributed by atoms with van der Waals surface area (Å²) in [5, 5.41) is 8.74. The fourth-order valence-electron chi connectivity index (χ4n) is 1.79. The number of nitrogens with zero attached hydrogens (tertiary/aromatic N) is 1. The van der Waals surface area contributed by atoms with Gasteiger partial charge >= 0.3 is 0 Å². The molecule has 0 heterocycles. The first-order valence-electron chi connectivity index (χ1n) is 6.23. The fraction of sp³-hybridized carbons (Fsp3) is 0.125. The molecular weight excluding hydrogens is 268 g/mol. The molecule has 5 heteroatoms. The summed E-state index contributed by atoms with van der Waals surface area (Å²) in [6, 6.07) is 13.9. The quantitative estimate of drug-likeness (QED) is 0.911. The molecule has 106 valence electrons. The average molecular weight is 282 g/mol. The molecule has 2 aromatic carbocycles. The maximum Gasteiger partial charge on any atom is 0.252 e. The van der Waals surface area contributed by atoms with Crippen molar-refractivity contribution in [2.24, 2.45) is 5.73 Å². The number of methoxy groups -OCH3 is 1. The van der Waals surface area contributed by atoms with Crippen molar-refractivity contribution in [2.75, 3.05) is 7.11 Å². The van der Waals surface area contributed by atoms with Crippen LogP contribution in [0.25, 0.3) is 0 Å². The van der Waals surface area contributed by atoms with Crippen molar-refractivity contribution in [3.63, 3.8) is 0 Å². The standard InChI is InChI=1S/C16H14N2O3/c1-20-13-6-7-15(14(8-13)16(18)19)21-10-12-4-2-11(9-17)3-5-12/h2-8H,10H2,1H3,(H2,18,19). The maximum absolute atomic E-state index is 11.4. The number of carbonyl (C=O) groups excluding carboxylic acids is 1. The molecule has 0 spiro atoms. The number of ether oxygens (including phenoxy) is 2. The molecule has 0 aromatic heterocycles. The average Bonchev–Trinajstić information content (AvgIpc) is 2.53. The van der Waals surface area contributed by atoms with Crippen LogP contribution in [0.1, 0.15) is 21.5 Å². The first-order valence-corrected chi connectivity index (χ1v) is 6.23. The van der Waals surface area contributed by atoms with Gasteiger partial charge in [0, 0.05) is 0 Å². The van der Waals surface area contributed by atoms with Gasteiger partial charge in [0.15, 0.2) is 0 Å². The molecule has 0 radical (unpaired) electrons. The molecule has 21 heavy (non-hydrogen) atoms. The summed E-state index contributed by atoms with van der Waals surface area (Å²) in [5.41, 5.74) is 7.07. The van der Waals surface area contributed by atoms with E-state index >= 15 is 0 Å². The highest BCUT2D eigenvalue weighted by Gasteiger charge is 2.11. The molecule has 1 amide bonds. The number of primary amides is 1. The van der Waals surface area contributed by atoms with E-state index in [9.17, 15) is 4.79 Å². The van der Waals surface area contributed by atoms with Crippen LogP contribution in [0.2, 0.25) is 0 Å². The highest BCUT2D eigenvalue weighted by atomic mass is 16.5. The Morgan fingerprint density at radius 3 is 2.52 bits per heavy atom. The van der Waals surface area contributed by atoms with Gasteiger partial charge in [-0.3, -0.25) is 4.79 Å². The van der Waals surface area contributed by atoms with Gasteiger partial charge in [0.05, 0.1) is 24.3 Å². The Kier molecular flexibility index (Phi) is 4.42. The van der Waals surface area contributed by atoms with Crippen molar-refractivity contribution in [3.8, 4) is 17.6 Å². The zero-order valence-corrected chi connectivity index (χ0v) is 11.5. The third kappa shape index (κ3) is 3.51. The molecule has 2 rings (SSSR count). The van der Waals surface area contributed by atoms with Gasteiger partial charge in [0.2, 0.25) is 0 Å². The highest BCUT2D eigenvalue weighted by molar-refractivity contribution is 5.96. The molecule has 0 atom stereocenters. The zero-order chi connectivity index (χ0) is 15.2. The number of carbonyl (C=O) groups is 1. The topological polar surface area (TPSA) is 85.3 Å². The number of rotatable bonds is 5. The van der Waals surface area contributed by atoms with Crippen LogP contribution >= 0.6 is 0 Å². The minimum absolute atomic E-state index is 0.267. The third-order valence-corrected chi connectivity index (χ3v) is 2.93. The number of hydrogen-bond acceptors (Lipinski definition) is 4. The molecule has 0 aliphatic rings. The summed E-state index contributed by atoms with van der Waals surface area (Å²) < 4.78 is 10.7. The van der Waals surface area contributed by atoms with E-state index in [1.165, 1.54) is 13.2 Å². The van der Waals surface area contributed by atoms with Crippen molar-refractivity contribution in [1.29, 1.82) is 5.26 Å². The summed E-state index contributed by atoms with van der Waals surface area (Å²) in [6.07, 6.45) is 0. The second-order valence-electron chi connectivity index (χ2n) is 4.32. The van der Waals surface area contributed by atoms with E-state index < -0.39 is 5.91 Å². The number of benzene rings is 2. The van der Waals surface area contributed by atoms with Crippen molar-refractivity contribution in [3.05, 3.63) is 59.2 Å². The lowest BCUT2D eigenvalue weighted by Crippen LogP contribution is -2.13. The van der Waals surface area contributed by atoms with Gasteiger partial charge in [-0.05, 0) is 35.9 Å². The van der Waals surface area contributed by atoms with E-state index in [1.807, 2.05) is 6.07 Å². The Hall–Kier alpha value is -3.00. The molecule has 0 aliphatic heterocycles. The van der Waals surface area contributed by atoms with Crippen LogP contribution in [0.5, 0.6) is 11.5 Å². The molecule has 2 N–H and O–H groups in total. The minimum Gasteiger partial charge on any atom is -0.497 e. The molecule has 0 aliphatic carbocycles. The third-order valence-electron chi connectivity index (χ3n) is 2.93. The first-order chi connectivity index (χ1) is 10.1. The Morgan fingerprint density at radius 2 is 1.95 bits per heavy atom. The van der Waals surface area contributed by atoms with Crippen molar-refractivity contribution in [1.82, 2.24) is 0 Å². The van der Waals surface area contributed by atoms with E-state index in [0.717, 1.165) is 5.56 Å². The predicted molar refractivity (Wildman–Crippen MR) is 77.0 cm³/mol. The van der Waals surface area contributed by atoms with E-state index in [-0.39, 0.29) is 12.2 Å². The normalized spacial score (nSPS) is 9.71. The second kappa shape index (κ2) is 6.44. The predicted octanol–water partition coefficient (Wildman–Crippen LogP) is 2.24. The Morgan fingerprint density at radius 1 is 1.24 bits per heavy atom. The summed E-state index contributed by atoms with van der Waals surface area (Å²) in [6.45, 7) is 0.276. The van der Waals surface area contributed by atoms with E-state index in [1.54, 1.807) is 36.4 Å². The lowest BCUT2D eigenvalue weighted by atomic mass is 10.1. The molecule has 5 nitrogen and oxygen atoms in total. The fourth-order valence-corrected chi connectivity index (χ4v) is 1.79. The lowest BCUT2D eigenvalue weighted by molar-refractivity contribution is 0.0995. The van der Waals surface area contributed by atoms with Crippen LogP contribution in [0.3, 0.4) is 0 Å². The van der Waals surface area contributed by atoms with E-state index in [0.29, 0.717) is 17.1 Å². The smallest absolute Gasteiger partial charge is 0.252 e. The number of hydrogen-bond donors (Lipinski definition) is 1. The molecule has 0 saturated carbocycles. The van der Waals surface area contributed by atoms with Gasteiger partial charge < -0.3 is 15.2 Å².